The van der Waals surface area contributed by atoms with Crippen LogP contribution in [-0.2, 0) is 17.6 Å². The molecule has 0 saturated carbocycles. The summed E-state index contributed by atoms with van der Waals surface area (Å²) in [7, 11) is 0. The Morgan fingerprint density at radius 3 is 2.33 bits per heavy atom. The zero-order valence-electron chi connectivity index (χ0n) is 14.4. The third-order valence-electron chi connectivity index (χ3n) is 4.01. The molecule has 0 amide bonds. The third kappa shape index (κ3) is 4.54. The number of nitrogens with zero attached hydrogens (tertiary/aromatic N) is 2. The SMILES string of the molecule is O=C(O)Cc1nc(NCCc2ccccc2)c(=O)n(Cl)c1-c1ccccc1. The smallest absolute Gasteiger partial charge is 0.309 e. The number of halogens is 1. The van der Waals surface area contributed by atoms with Gasteiger partial charge in [-0.2, -0.15) is 0 Å². The summed E-state index contributed by atoms with van der Waals surface area (Å²) >= 11 is 6.25. The summed E-state index contributed by atoms with van der Waals surface area (Å²) in [5, 5.41) is 12.2. The van der Waals surface area contributed by atoms with Crippen molar-refractivity contribution >= 4 is 23.6 Å². The first kappa shape index (κ1) is 18.7. The average molecular weight is 384 g/mol. The Hall–Kier alpha value is -3.12. The average Bonchev–Trinajstić information content (AvgIpc) is 2.67. The summed E-state index contributed by atoms with van der Waals surface area (Å²) in [6.45, 7) is 0.473. The highest BCUT2D eigenvalue weighted by molar-refractivity contribution is 6.17. The molecule has 0 saturated heterocycles. The molecule has 1 heterocycles. The zero-order valence-corrected chi connectivity index (χ0v) is 15.2. The van der Waals surface area contributed by atoms with E-state index in [4.69, 9.17) is 11.8 Å². The van der Waals surface area contributed by atoms with Crippen molar-refractivity contribution in [2.45, 2.75) is 12.8 Å². The van der Waals surface area contributed by atoms with Gasteiger partial charge in [0.25, 0.3) is 0 Å². The van der Waals surface area contributed by atoms with Crippen LogP contribution in [0.4, 0.5) is 5.82 Å². The van der Waals surface area contributed by atoms with Gasteiger partial charge in [-0.3, -0.25) is 9.59 Å². The number of hydrogen-bond acceptors (Lipinski definition) is 4. The van der Waals surface area contributed by atoms with Gasteiger partial charge in [0.05, 0.1) is 17.8 Å². The second-order valence-electron chi connectivity index (χ2n) is 5.94. The monoisotopic (exact) mass is 383 g/mol. The lowest BCUT2D eigenvalue weighted by Crippen LogP contribution is -2.25. The fourth-order valence-electron chi connectivity index (χ4n) is 2.77. The second-order valence-corrected chi connectivity index (χ2v) is 6.28. The van der Waals surface area contributed by atoms with Crippen LogP contribution in [0.5, 0.6) is 0 Å². The quantitative estimate of drug-likeness (QED) is 0.654. The molecule has 27 heavy (non-hydrogen) atoms. The number of anilines is 1. The van der Waals surface area contributed by atoms with Crippen LogP contribution in [0.15, 0.2) is 65.5 Å². The standard InChI is InChI=1S/C20H18ClN3O3/c21-24-18(15-9-5-2-6-10-15)16(13-17(25)26)23-19(20(24)27)22-12-11-14-7-3-1-4-8-14/h1-10H,11-13H2,(H,22,23)(H,25,26). The number of rotatable bonds is 7. The fraction of sp³-hybridized carbons (Fsp3) is 0.150. The number of aliphatic carboxylic acids is 1. The molecule has 0 radical (unpaired) electrons. The van der Waals surface area contributed by atoms with Crippen LogP contribution in [-0.4, -0.2) is 26.7 Å². The molecule has 2 N–H and O–H groups in total. The van der Waals surface area contributed by atoms with Gasteiger partial charge >= 0.3 is 11.5 Å². The van der Waals surface area contributed by atoms with Crippen LogP contribution in [0.25, 0.3) is 11.3 Å². The van der Waals surface area contributed by atoms with E-state index in [1.807, 2.05) is 36.4 Å². The molecule has 6 nitrogen and oxygen atoms in total. The summed E-state index contributed by atoms with van der Waals surface area (Å²) < 4.78 is 0.936. The van der Waals surface area contributed by atoms with E-state index in [-0.39, 0.29) is 17.9 Å². The van der Waals surface area contributed by atoms with Crippen molar-refractivity contribution in [3.63, 3.8) is 0 Å². The van der Waals surface area contributed by atoms with Gasteiger partial charge in [-0.1, -0.05) is 60.7 Å². The van der Waals surface area contributed by atoms with Gasteiger partial charge in [0.15, 0.2) is 5.82 Å². The molecule has 0 unspecified atom stereocenters. The predicted octanol–water partition coefficient (Wildman–Crippen LogP) is 3.19. The number of carboxylic acid groups (broad SMARTS) is 1. The van der Waals surface area contributed by atoms with Crippen molar-refractivity contribution in [3.05, 3.63) is 82.3 Å². The maximum absolute atomic E-state index is 12.6. The minimum atomic E-state index is -1.05. The third-order valence-corrected chi connectivity index (χ3v) is 4.33. The number of carbonyl (C=O) groups is 1. The van der Waals surface area contributed by atoms with Crippen LogP contribution in [0.2, 0.25) is 0 Å². The van der Waals surface area contributed by atoms with E-state index in [9.17, 15) is 14.7 Å². The van der Waals surface area contributed by atoms with Crippen molar-refractivity contribution in [1.82, 2.24) is 9.07 Å². The van der Waals surface area contributed by atoms with E-state index >= 15 is 0 Å². The van der Waals surface area contributed by atoms with Crippen LogP contribution >= 0.6 is 11.8 Å². The van der Waals surface area contributed by atoms with Crippen LogP contribution in [0.3, 0.4) is 0 Å². The first-order valence-corrected chi connectivity index (χ1v) is 8.77. The molecule has 3 aromatic rings. The molecule has 0 aliphatic heterocycles. The summed E-state index contributed by atoms with van der Waals surface area (Å²) in [6.07, 6.45) is 0.351. The van der Waals surface area contributed by atoms with E-state index in [0.717, 1.165) is 9.65 Å². The van der Waals surface area contributed by atoms with E-state index < -0.39 is 11.5 Å². The maximum atomic E-state index is 12.6. The summed E-state index contributed by atoms with van der Waals surface area (Å²) in [5.74, 6) is -1.01. The predicted molar refractivity (Wildman–Crippen MR) is 105 cm³/mol. The molecule has 0 atom stereocenters. The van der Waals surface area contributed by atoms with Gasteiger partial charge in [0.1, 0.15) is 0 Å². The highest BCUT2D eigenvalue weighted by Gasteiger charge is 2.19. The normalized spacial score (nSPS) is 10.6. The van der Waals surface area contributed by atoms with Gasteiger partial charge in [0, 0.05) is 23.9 Å². The first-order valence-electron chi connectivity index (χ1n) is 8.43. The Bertz CT molecular complexity index is 989. The molecule has 2 aromatic carbocycles. The van der Waals surface area contributed by atoms with Gasteiger partial charge in [-0.05, 0) is 12.0 Å². The van der Waals surface area contributed by atoms with Crippen molar-refractivity contribution in [1.29, 1.82) is 0 Å². The molecule has 1 aromatic heterocycles. The molecule has 0 aliphatic rings. The molecule has 3 rings (SSSR count). The largest absolute Gasteiger partial charge is 0.481 e. The number of benzene rings is 2. The molecule has 0 fully saturated rings. The molecule has 0 spiro atoms. The molecular weight excluding hydrogens is 366 g/mol. The lowest BCUT2D eigenvalue weighted by molar-refractivity contribution is -0.136. The molecule has 0 bridgehead atoms. The molecule has 7 heteroatoms. The van der Waals surface area contributed by atoms with Crippen LogP contribution in [0.1, 0.15) is 11.3 Å². The minimum absolute atomic E-state index is 0.0388. The topological polar surface area (TPSA) is 84.2 Å². The minimum Gasteiger partial charge on any atom is -0.481 e. The Morgan fingerprint density at radius 2 is 1.70 bits per heavy atom. The zero-order chi connectivity index (χ0) is 19.2. The number of hydrogen-bond donors (Lipinski definition) is 2. The van der Waals surface area contributed by atoms with Gasteiger partial charge in [0.2, 0.25) is 0 Å². The van der Waals surface area contributed by atoms with E-state index in [0.29, 0.717) is 24.2 Å². The lowest BCUT2D eigenvalue weighted by Gasteiger charge is -2.14. The van der Waals surface area contributed by atoms with Gasteiger partial charge in [-0.25, -0.2) is 9.07 Å². The first-order chi connectivity index (χ1) is 13.1. The van der Waals surface area contributed by atoms with Crippen LogP contribution < -0.4 is 10.9 Å². The van der Waals surface area contributed by atoms with E-state index in [1.165, 1.54) is 0 Å². The number of nitrogens with one attached hydrogen (secondary N) is 1. The Balaban J connectivity index is 1.92. The second kappa shape index (κ2) is 8.51. The molecular formula is C20H18ClN3O3. The Kier molecular flexibility index (Phi) is 5.88. The van der Waals surface area contributed by atoms with Crippen molar-refractivity contribution in [2.24, 2.45) is 0 Å². The van der Waals surface area contributed by atoms with Crippen LogP contribution in [0, 0.1) is 0 Å². The Labute approximate surface area is 161 Å². The maximum Gasteiger partial charge on any atom is 0.309 e. The number of aromatic nitrogens is 2. The fourth-order valence-corrected chi connectivity index (χ4v) is 3.05. The van der Waals surface area contributed by atoms with Crippen molar-refractivity contribution in [2.75, 3.05) is 11.9 Å². The highest BCUT2D eigenvalue weighted by atomic mass is 35.5. The van der Waals surface area contributed by atoms with E-state index in [2.05, 4.69) is 10.3 Å². The van der Waals surface area contributed by atoms with E-state index in [1.54, 1.807) is 24.3 Å². The Morgan fingerprint density at radius 1 is 1.07 bits per heavy atom. The summed E-state index contributed by atoms with van der Waals surface area (Å²) in [5.41, 5.74) is 1.74. The van der Waals surface area contributed by atoms with Crippen molar-refractivity contribution in [3.8, 4) is 11.3 Å². The summed E-state index contributed by atoms with van der Waals surface area (Å²) in [4.78, 5) is 28.1. The lowest BCUT2D eigenvalue weighted by atomic mass is 10.1. The number of carboxylic acids is 1. The highest BCUT2D eigenvalue weighted by Crippen LogP contribution is 2.23. The van der Waals surface area contributed by atoms with Gasteiger partial charge in [-0.15, -0.1) is 0 Å². The molecule has 138 valence electrons. The molecule has 0 aliphatic carbocycles. The van der Waals surface area contributed by atoms with Gasteiger partial charge < -0.3 is 10.4 Å². The van der Waals surface area contributed by atoms with Crippen molar-refractivity contribution < 1.29 is 9.90 Å². The summed E-state index contributed by atoms with van der Waals surface area (Å²) in [6, 6.07) is 18.7.